The number of benzene rings is 1. The van der Waals surface area contributed by atoms with Gasteiger partial charge < -0.3 is 16.0 Å². The number of rotatable bonds is 5. The zero-order chi connectivity index (χ0) is 15.4. The number of hydrogen-bond acceptors (Lipinski definition) is 4. The Kier molecular flexibility index (Phi) is 4.70. The SMILES string of the molecule is CN(C)CCCNC(=O)c1nccc2c(F)ccc(N)c12. The molecule has 0 radical (unpaired) electrons. The normalized spacial score (nSPS) is 11.0. The van der Waals surface area contributed by atoms with Gasteiger partial charge in [0.05, 0.1) is 0 Å². The van der Waals surface area contributed by atoms with E-state index in [0.717, 1.165) is 13.0 Å². The predicted molar refractivity (Wildman–Crippen MR) is 81.6 cm³/mol. The number of pyridine rings is 1. The summed E-state index contributed by atoms with van der Waals surface area (Å²) in [5.41, 5.74) is 6.37. The number of hydrogen-bond donors (Lipinski definition) is 2. The Labute approximate surface area is 122 Å². The summed E-state index contributed by atoms with van der Waals surface area (Å²) in [6.07, 6.45) is 2.24. The van der Waals surface area contributed by atoms with Gasteiger partial charge in [-0.2, -0.15) is 0 Å². The molecule has 1 aromatic heterocycles. The third-order valence-corrected chi connectivity index (χ3v) is 3.19. The summed E-state index contributed by atoms with van der Waals surface area (Å²) in [7, 11) is 3.94. The van der Waals surface area contributed by atoms with Gasteiger partial charge in [-0.3, -0.25) is 9.78 Å². The average Bonchev–Trinajstić information content (AvgIpc) is 2.46. The number of carbonyl (C=O) groups is 1. The van der Waals surface area contributed by atoms with Gasteiger partial charge in [0.1, 0.15) is 11.5 Å². The topological polar surface area (TPSA) is 71.2 Å². The lowest BCUT2D eigenvalue weighted by Gasteiger charge is -2.11. The van der Waals surface area contributed by atoms with E-state index in [1.54, 1.807) is 0 Å². The Morgan fingerprint density at radius 2 is 2.14 bits per heavy atom. The van der Waals surface area contributed by atoms with Gasteiger partial charge in [-0.25, -0.2) is 4.39 Å². The number of aromatic nitrogens is 1. The predicted octanol–water partition coefficient (Wildman–Crippen LogP) is 1.64. The molecule has 1 heterocycles. The molecule has 21 heavy (non-hydrogen) atoms. The van der Waals surface area contributed by atoms with E-state index in [2.05, 4.69) is 10.3 Å². The van der Waals surface area contributed by atoms with Crippen molar-refractivity contribution in [2.24, 2.45) is 0 Å². The van der Waals surface area contributed by atoms with E-state index >= 15 is 0 Å². The first-order chi connectivity index (χ1) is 10.0. The standard InChI is InChI=1S/C15H19FN4O/c1-20(2)9-3-7-19-15(21)14-13-10(6-8-18-14)11(16)4-5-12(13)17/h4-6,8H,3,7,9,17H2,1-2H3,(H,19,21). The molecule has 2 aromatic rings. The van der Waals surface area contributed by atoms with Crippen LogP contribution in [-0.4, -0.2) is 43.0 Å². The molecule has 0 bridgehead atoms. The average molecular weight is 290 g/mol. The summed E-state index contributed by atoms with van der Waals surface area (Å²) in [6, 6.07) is 4.25. The van der Waals surface area contributed by atoms with Crippen LogP contribution in [0.1, 0.15) is 16.9 Å². The van der Waals surface area contributed by atoms with Crippen molar-refractivity contribution in [1.29, 1.82) is 0 Å². The van der Waals surface area contributed by atoms with Gasteiger partial charge in [0.25, 0.3) is 5.91 Å². The Hall–Kier alpha value is -2.21. The minimum atomic E-state index is -0.414. The number of nitrogens with zero attached hydrogens (tertiary/aromatic N) is 2. The minimum Gasteiger partial charge on any atom is -0.398 e. The molecule has 0 aliphatic rings. The molecule has 112 valence electrons. The Morgan fingerprint density at radius 1 is 1.38 bits per heavy atom. The van der Waals surface area contributed by atoms with Crippen LogP contribution in [0.15, 0.2) is 24.4 Å². The Bertz CT molecular complexity index is 657. The van der Waals surface area contributed by atoms with Crippen molar-refractivity contribution in [1.82, 2.24) is 15.2 Å². The van der Waals surface area contributed by atoms with Gasteiger partial charge >= 0.3 is 0 Å². The number of halogens is 1. The van der Waals surface area contributed by atoms with E-state index in [9.17, 15) is 9.18 Å². The second kappa shape index (κ2) is 6.49. The van der Waals surface area contributed by atoms with Crippen LogP contribution in [-0.2, 0) is 0 Å². The van der Waals surface area contributed by atoms with Gasteiger partial charge in [0.2, 0.25) is 0 Å². The van der Waals surface area contributed by atoms with Crippen molar-refractivity contribution in [3.8, 4) is 0 Å². The summed E-state index contributed by atoms with van der Waals surface area (Å²) in [4.78, 5) is 18.3. The second-order valence-electron chi connectivity index (χ2n) is 5.13. The molecule has 0 spiro atoms. The second-order valence-corrected chi connectivity index (χ2v) is 5.13. The van der Waals surface area contributed by atoms with Gasteiger partial charge in [0, 0.05) is 29.2 Å². The number of nitrogens with two attached hydrogens (primary N) is 1. The molecule has 0 saturated heterocycles. The van der Waals surface area contributed by atoms with Crippen molar-refractivity contribution < 1.29 is 9.18 Å². The van der Waals surface area contributed by atoms with Gasteiger partial charge in [-0.15, -0.1) is 0 Å². The third kappa shape index (κ3) is 3.46. The van der Waals surface area contributed by atoms with Crippen molar-refractivity contribution in [3.63, 3.8) is 0 Å². The third-order valence-electron chi connectivity index (χ3n) is 3.19. The van der Waals surface area contributed by atoms with E-state index in [-0.39, 0.29) is 11.6 Å². The lowest BCUT2D eigenvalue weighted by Crippen LogP contribution is -2.28. The maximum absolute atomic E-state index is 13.8. The fourth-order valence-corrected chi connectivity index (χ4v) is 2.14. The van der Waals surface area contributed by atoms with Crippen molar-refractivity contribution in [3.05, 3.63) is 35.9 Å². The largest absolute Gasteiger partial charge is 0.398 e. The molecule has 0 saturated carbocycles. The van der Waals surface area contributed by atoms with Crippen LogP contribution >= 0.6 is 0 Å². The van der Waals surface area contributed by atoms with Crippen LogP contribution in [0.2, 0.25) is 0 Å². The lowest BCUT2D eigenvalue weighted by molar-refractivity contribution is 0.0949. The molecule has 0 fully saturated rings. The van der Waals surface area contributed by atoms with Crippen LogP contribution in [0.25, 0.3) is 10.8 Å². The number of nitrogen functional groups attached to an aromatic ring is 1. The molecule has 0 atom stereocenters. The molecular formula is C15H19FN4O. The van der Waals surface area contributed by atoms with Crippen LogP contribution in [0, 0.1) is 5.82 Å². The van der Waals surface area contributed by atoms with Gasteiger partial charge in [-0.1, -0.05) is 0 Å². The fourth-order valence-electron chi connectivity index (χ4n) is 2.14. The van der Waals surface area contributed by atoms with E-state index in [4.69, 9.17) is 5.73 Å². The molecule has 0 unspecified atom stereocenters. The highest BCUT2D eigenvalue weighted by atomic mass is 19.1. The summed E-state index contributed by atoms with van der Waals surface area (Å²) in [5, 5.41) is 3.46. The van der Waals surface area contributed by atoms with Gasteiger partial charge in [-0.05, 0) is 45.3 Å². The minimum absolute atomic E-state index is 0.161. The van der Waals surface area contributed by atoms with Crippen LogP contribution in [0.5, 0.6) is 0 Å². The first-order valence-electron chi connectivity index (χ1n) is 6.76. The molecule has 0 aliphatic carbocycles. The van der Waals surface area contributed by atoms with Crippen LogP contribution in [0.4, 0.5) is 10.1 Å². The van der Waals surface area contributed by atoms with Crippen LogP contribution in [0.3, 0.4) is 0 Å². The molecular weight excluding hydrogens is 271 g/mol. The highest BCUT2D eigenvalue weighted by Crippen LogP contribution is 2.25. The number of anilines is 1. The number of nitrogens with one attached hydrogen (secondary N) is 1. The van der Waals surface area contributed by atoms with Crippen molar-refractivity contribution in [2.45, 2.75) is 6.42 Å². The summed E-state index contributed by atoms with van der Waals surface area (Å²) in [6.45, 7) is 1.41. The molecule has 6 heteroatoms. The maximum atomic E-state index is 13.8. The van der Waals surface area contributed by atoms with E-state index in [1.807, 2.05) is 19.0 Å². The van der Waals surface area contributed by atoms with Gasteiger partial charge in [0.15, 0.2) is 0 Å². The zero-order valence-electron chi connectivity index (χ0n) is 12.2. The smallest absolute Gasteiger partial charge is 0.270 e. The van der Waals surface area contributed by atoms with E-state index < -0.39 is 5.82 Å². The maximum Gasteiger partial charge on any atom is 0.270 e. The highest BCUT2D eigenvalue weighted by Gasteiger charge is 2.15. The Balaban J connectivity index is 2.22. The van der Waals surface area contributed by atoms with Crippen molar-refractivity contribution >= 4 is 22.4 Å². The van der Waals surface area contributed by atoms with E-state index in [1.165, 1.54) is 24.4 Å². The number of fused-ring (bicyclic) bond motifs is 1. The van der Waals surface area contributed by atoms with E-state index in [0.29, 0.717) is 23.0 Å². The highest BCUT2D eigenvalue weighted by molar-refractivity contribution is 6.09. The van der Waals surface area contributed by atoms with Crippen LogP contribution < -0.4 is 11.1 Å². The molecule has 1 amide bonds. The number of carbonyl (C=O) groups excluding carboxylic acids is 1. The fraction of sp³-hybridized carbons (Fsp3) is 0.333. The molecule has 5 nitrogen and oxygen atoms in total. The quantitative estimate of drug-likeness (QED) is 0.648. The summed E-state index contributed by atoms with van der Waals surface area (Å²) >= 11 is 0. The lowest BCUT2D eigenvalue weighted by atomic mass is 10.1. The first-order valence-corrected chi connectivity index (χ1v) is 6.76. The number of amides is 1. The first kappa shape index (κ1) is 15.2. The summed E-state index contributed by atoms with van der Waals surface area (Å²) < 4.78 is 13.8. The zero-order valence-corrected chi connectivity index (χ0v) is 12.2. The molecule has 2 rings (SSSR count). The van der Waals surface area contributed by atoms with Crippen molar-refractivity contribution in [2.75, 3.05) is 32.9 Å². The molecule has 3 N–H and O–H groups in total. The molecule has 1 aromatic carbocycles. The Morgan fingerprint density at radius 3 is 2.86 bits per heavy atom. The molecule has 0 aliphatic heterocycles. The monoisotopic (exact) mass is 290 g/mol. The summed E-state index contributed by atoms with van der Waals surface area (Å²) in [5.74, 6) is -0.750.